The van der Waals surface area contributed by atoms with Gasteiger partial charge in [-0.05, 0) is 60.1 Å². The standard InChI is InChI=1S/C25H24ClF3N4O3/c1-14(25(27,28)29)23(16-4-7-18(8-5-16)33-30-10-11-31-33)24(36)32-21-12-17(6-9-20(21)26)19(13-22(34)35)15-2-3-15/h4-12,14-15,19,23H,2-3,13H2,1H3,(H,32,36)(H,34,35)/t14-,19+,23+/m1/s1. The Morgan fingerprint density at radius 2 is 1.72 bits per heavy atom. The average molecular weight is 521 g/mol. The van der Waals surface area contributed by atoms with Gasteiger partial charge < -0.3 is 10.4 Å². The summed E-state index contributed by atoms with van der Waals surface area (Å²) in [5, 5.41) is 20.0. The second-order valence-corrected chi connectivity index (χ2v) is 9.40. The van der Waals surface area contributed by atoms with Crippen LogP contribution < -0.4 is 5.32 Å². The molecule has 190 valence electrons. The zero-order valence-electron chi connectivity index (χ0n) is 19.2. The fourth-order valence-corrected chi connectivity index (χ4v) is 4.51. The summed E-state index contributed by atoms with van der Waals surface area (Å²) in [6, 6.07) is 10.8. The fourth-order valence-electron chi connectivity index (χ4n) is 4.34. The number of benzene rings is 2. The molecule has 0 aliphatic heterocycles. The van der Waals surface area contributed by atoms with E-state index in [9.17, 15) is 27.9 Å². The Bertz CT molecular complexity index is 1230. The third-order valence-corrected chi connectivity index (χ3v) is 6.79. The molecule has 7 nitrogen and oxygen atoms in total. The highest BCUT2D eigenvalue weighted by atomic mass is 35.5. The lowest BCUT2D eigenvalue weighted by atomic mass is 9.85. The first-order valence-electron chi connectivity index (χ1n) is 11.4. The zero-order valence-corrected chi connectivity index (χ0v) is 20.0. The van der Waals surface area contributed by atoms with Crippen LogP contribution in [0.1, 0.15) is 49.1 Å². The zero-order chi connectivity index (χ0) is 26.0. The molecular formula is C25H24ClF3N4O3. The summed E-state index contributed by atoms with van der Waals surface area (Å²) >= 11 is 6.27. The van der Waals surface area contributed by atoms with E-state index in [1.807, 2.05) is 0 Å². The second-order valence-electron chi connectivity index (χ2n) is 8.99. The minimum absolute atomic E-state index is 0.0785. The van der Waals surface area contributed by atoms with Crippen molar-refractivity contribution in [3.05, 3.63) is 71.0 Å². The first-order chi connectivity index (χ1) is 17.0. The number of aromatic nitrogens is 3. The molecule has 1 heterocycles. The van der Waals surface area contributed by atoms with E-state index in [4.69, 9.17) is 11.6 Å². The number of halogens is 4. The molecule has 1 saturated carbocycles. The van der Waals surface area contributed by atoms with E-state index in [0.29, 0.717) is 11.3 Å². The van der Waals surface area contributed by atoms with E-state index in [0.717, 1.165) is 19.8 Å². The number of aliphatic carboxylic acids is 1. The predicted octanol–water partition coefficient (Wildman–Crippen LogP) is 5.81. The Balaban J connectivity index is 1.63. The van der Waals surface area contributed by atoms with Crippen molar-refractivity contribution in [1.82, 2.24) is 15.0 Å². The normalized spacial score (nSPS) is 16.2. The minimum atomic E-state index is -4.63. The number of nitrogens with zero attached hydrogens (tertiary/aromatic N) is 3. The average Bonchev–Trinajstić information content (AvgIpc) is 3.51. The number of carbonyl (C=O) groups is 2. The fraction of sp³-hybridized carbons (Fsp3) is 0.360. The van der Waals surface area contributed by atoms with Gasteiger partial charge in [0.1, 0.15) is 0 Å². The summed E-state index contributed by atoms with van der Waals surface area (Å²) in [4.78, 5) is 25.9. The second kappa shape index (κ2) is 10.3. The molecule has 0 saturated heterocycles. The van der Waals surface area contributed by atoms with Gasteiger partial charge in [0.15, 0.2) is 0 Å². The van der Waals surface area contributed by atoms with Crippen molar-refractivity contribution in [2.24, 2.45) is 11.8 Å². The third kappa shape index (κ3) is 5.87. The Morgan fingerprint density at radius 3 is 2.28 bits per heavy atom. The molecule has 1 aliphatic carbocycles. The molecule has 0 bridgehead atoms. The van der Waals surface area contributed by atoms with Crippen molar-refractivity contribution < 1.29 is 27.9 Å². The summed E-state index contributed by atoms with van der Waals surface area (Å²) in [7, 11) is 0. The topological polar surface area (TPSA) is 97.1 Å². The van der Waals surface area contributed by atoms with Crippen LogP contribution in [-0.2, 0) is 9.59 Å². The van der Waals surface area contributed by atoms with Gasteiger partial charge in [-0.3, -0.25) is 9.59 Å². The van der Waals surface area contributed by atoms with Crippen molar-refractivity contribution in [3.8, 4) is 5.69 Å². The summed E-state index contributed by atoms with van der Waals surface area (Å²) in [6.07, 6.45) is 0.0320. The molecule has 4 rings (SSSR count). The lowest BCUT2D eigenvalue weighted by molar-refractivity contribution is -0.178. The molecule has 1 aromatic heterocycles. The van der Waals surface area contributed by atoms with Gasteiger partial charge in [-0.2, -0.15) is 28.2 Å². The first-order valence-corrected chi connectivity index (χ1v) is 11.8. The van der Waals surface area contributed by atoms with Gasteiger partial charge in [0, 0.05) is 0 Å². The first kappa shape index (κ1) is 25.7. The number of hydrogen-bond donors (Lipinski definition) is 2. The molecule has 3 aromatic rings. The van der Waals surface area contributed by atoms with E-state index in [2.05, 4.69) is 15.5 Å². The maximum Gasteiger partial charge on any atom is 0.392 e. The van der Waals surface area contributed by atoms with Crippen molar-refractivity contribution in [1.29, 1.82) is 0 Å². The molecule has 0 radical (unpaired) electrons. The summed E-state index contributed by atoms with van der Waals surface area (Å²) in [5.74, 6) is -5.40. The highest BCUT2D eigenvalue weighted by Crippen LogP contribution is 2.46. The molecule has 2 aromatic carbocycles. The van der Waals surface area contributed by atoms with E-state index >= 15 is 0 Å². The molecule has 0 spiro atoms. The van der Waals surface area contributed by atoms with Crippen LogP contribution in [0.4, 0.5) is 18.9 Å². The van der Waals surface area contributed by atoms with Crippen LogP contribution in [0.25, 0.3) is 5.69 Å². The summed E-state index contributed by atoms with van der Waals surface area (Å²) in [6.45, 7) is 0.960. The molecular weight excluding hydrogens is 497 g/mol. The van der Waals surface area contributed by atoms with Crippen molar-refractivity contribution in [2.45, 2.75) is 44.2 Å². The number of amides is 1. The number of nitrogens with one attached hydrogen (secondary N) is 1. The summed E-state index contributed by atoms with van der Waals surface area (Å²) < 4.78 is 41.3. The van der Waals surface area contributed by atoms with E-state index in [1.54, 1.807) is 24.3 Å². The molecule has 11 heteroatoms. The largest absolute Gasteiger partial charge is 0.481 e. The molecule has 36 heavy (non-hydrogen) atoms. The third-order valence-electron chi connectivity index (χ3n) is 6.46. The van der Waals surface area contributed by atoms with Gasteiger partial charge in [0.05, 0.1) is 47.0 Å². The Labute approximate surface area is 210 Å². The van der Waals surface area contributed by atoms with Crippen LogP contribution >= 0.6 is 11.6 Å². The van der Waals surface area contributed by atoms with Gasteiger partial charge in [-0.1, -0.05) is 36.7 Å². The van der Waals surface area contributed by atoms with Gasteiger partial charge in [0.2, 0.25) is 5.91 Å². The lowest BCUT2D eigenvalue weighted by Crippen LogP contribution is -2.34. The minimum Gasteiger partial charge on any atom is -0.481 e. The highest BCUT2D eigenvalue weighted by molar-refractivity contribution is 6.33. The monoisotopic (exact) mass is 520 g/mol. The van der Waals surface area contributed by atoms with Crippen molar-refractivity contribution in [2.75, 3.05) is 5.32 Å². The van der Waals surface area contributed by atoms with Crippen LogP contribution in [0.15, 0.2) is 54.9 Å². The molecule has 2 N–H and O–H groups in total. The highest BCUT2D eigenvalue weighted by Gasteiger charge is 2.45. The Hall–Kier alpha value is -3.40. The van der Waals surface area contributed by atoms with Crippen LogP contribution in [-0.4, -0.2) is 38.2 Å². The lowest BCUT2D eigenvalue weighted by Gasteiger charge is -2.26. The van der Waals surface area contributed by atoms with Crippen LogP contribution in [0.2, 0.25) is 5.02 Å². The number of alkyl halides is 3. The molecule has 1 aliphatic rings. The van der Waals surface area contributed by atoms with E-state index in [1.165, 1.54) is 35.4 Å². The predicted molar refractivity (Wildman–Crippen MR) is 127 cm³/mol. The number of carboxylic acid groups (broad SMARTS) is 1. The van der Waals surface area contributed by atoms with Gasteiger partial charge in [-0.25, -0.2) is 0 Å². The van der Waals surface area contributed by atoms with Crippen LogP contribution in [0, 0.1) is 11.8 Å². The maximum atomic E-state index is 13.8. The SMILES string of the molecule is C[C@H]([C@H](C(=O)Nc1cc([C@@H](CC(=O)O)C2CC2)ccc1Cl)c1ccc(-n2nccn2)cc1)C(F)(F)F. The molecule has 0 unspecified atom stereocenters. The number of anilines is 1. The van der Waals surface area contributed by atoms with Gasteiger partial charge >= 0.3 is 12.1 Å². The number of hydrogen-bond acceptors (Lipinski definition) is 4. The molecule has 1 fully saturated rings. The molecule has 1 amide bonds. The van der Waals surface area contributed by atoms with Crippen molar-refractivity contribution >= 4 is 29.2 Å². The smallest absolute Gasteiger partial charge is 0.392 e. The Morgan fingerprint density at radius 1 is 1.11 bits per heavy atom. The Kier molecular flexibility index (Phi) is 7.35. The van der Waals surface area contributed by atoms with Crippen molar-refractivity contribution in [3.63, 3.8) is 0 Å². The van der Waals surface area contributed by atoms with E-state index < -0.39 is 29.9 Å². The van der Waals surface area contributed by atoms with Crippen LogP contribution in [0.3, 0.4) is 0 Å². The van der Waals surface area contributed by atoms with Gasteiger partial charge in [-0.15, -0.1) is 0 Å². The summed E-state index contributed by atoms with van der Waals surface area (Å²) in [5.41, 5.74) is 1.52. The number of carboxylic acids is 1. The van der Waals surface area contributed by atoms with Gasteiger partial charge in [0.25, 0.3) is 0 Å². The van der Waals surface area contributed by atoms with E-state index in [-0.39, 0.29) is 34.5 Å². The van der Waals surface area contributed by atoms with Crippen LogP contribution in [0.5, 0.6) is 0 Å². The maximum absolute atomic E-state index is 13.8. The number of rotatable bonds is 9. The number of carbonyl (C=O) groups excluding carboxylic acids is 1. The quantitative estimate of drug-likeness (QED) is 0.371. The molecule has 3 atom stereocenters.